The van der Waals surface area contributed by atoms with Gasteiger partial charge in [0, 0.05) is 6.04 Å². The van der Waals surface area contributed by atoms with Gasteiger partial charge in [-0.1, -0.05) is 12.2 Å². The van der Waals surface area contributed by atoms with E-state index < -0.39 is 6.04 Å². The van der Waals surface area contributed by atoms with Crippen molar-refractivity contribution in [3.63, 3.8) is 0 Å². The minimum atomic E-state index is -0.417. The van der Waals surface area contributed by atoms with E-state index in [-0.39, 0.29) is 10.9 Å². The predicted octanol–water partition coefficient (Wildman–Crippen LogP) is 0.807. The third-order valence-corrected chi connectivity index (χ3v) is 3.58. The first-order valence-corrected chi connectivity index (χ1v) is 7.01. The zero-order chi connectivity index (χ0) is 14.9. The Morgan fingerprint density at radius 3 is 2.60 bits per heavy atom. The highest BCUT2D eigenvalue weighted by Gasteiger charge is 2.26. The Labute approximate surface area is 123 Å². The van der Waals surface area contributed by atoms with Gasteiger partial charge in [0.2, 0.25) is 5.91 Å². The molecule has 1 aromatic rings. The van der Waals surface area contributed by atoms with Crippen LogP contribution < -0.4 is 16.4 Å². The molecule has 0 aliphatic heterocycles. The summed E-state index contributed by atoms with van der Waals surface area (Å²) >= 11 is 5.06. The first-order chi connectivity index (χ1) is 9.40. The standard InChI is InChI=1S/C13H19N5OS/c1-6-7(2)17-18-12(10(6)11(14)20)15-8(3)13(19)16-9-4-5-9/h8-9H,4-5H2,1-3H3,(H2,14,20)(H,15,18)(H,16,19). The minimum absolute atomic E-state index is 0.0542. The second-order valence-electron chi connectivity index (χ2n) is 5.15. The smallest absolute Gasteiger partial charge is 0.242 e. The fraction of sp³-hybridized carbons (Fsp3) is 0.538. The van der Waals surface area contributed by atoms with Crippen molar-refractivity contribution in [1.82, 2.24) is 15.5 Å². The topological polar surface area (TPSA) is 92.9 Å². The number of nitrogens with two attached hydrogens (primary N) is 1. The second kappa shape index (κ2) is 5.70. The number of aryl methyl sites for hydroxylation is 1. The number of amides is 1. The summed E-state index contributed by atoms with van der Waals surface area (Å²) in [5, 5.41) is 14.1. The van der Waals surface area contributed by atoms with Crippen molar-refractivity contribution in [3.8, 4) is 0 Å². The number of thiocarbonyl (C=S) groups is 1. The van der Waals surface area contributed by atoms with Gasteiger partial charge in [-0.05, 0) is 39.2 Å². The molecular weight excluding hydrogens is 274 g/mol. The molecule has 1 aromatic heterocycles. The third-order valence-electron chi connectivity index (χ3n) is 3.37. The van der Waals surface area contributed by atoms with Crippen LogP contribution in [0.1, 0.15) is 36.6 Å². The zero-order valence-corrected chi connectivity index (χ0v) is 12.7. The van der Waals surface area contributed by atoms with Gasteiger partial charge >= 0.3 is 0 Å². The Balaban J connectivity index is 2.17. The summed E-state index contributed by atoms with van der Waals surface area (Å²) in [4.78, 5) is 12.2. The summed E-state index contributed by atoms with van der Waals surface area (Å²) in [7, 11) is 0. The van der Waals surface area contributed by atoms with Crippen molar-refractivity contribution in [2.45, 2.75) is 45.7 Å². The molecule has 1 unspecified atom stereocenters. The first kappa shape index (κ1) is 14.6. The molecule has 0 spiro atoms. The van der Waals surface area contributed by atoms with Crippen molar-refractivity contribution in [1.29, 1.82) is 0 Å². The molecule has 108 valence electrons. The molecule has 0 bridgehead atoms. The van der Waals surface area contributed by atoms with Crippen LogP contribution in [0.2, 0.25) is 0 Å². The van der Waals surface area contributed by atoms with Gasteiger partial charge in [0.05, 0.1) is 11.3 Å². The van der Waals surface area contributed by atoms with Gasteiger partial charge in [-0.25, -0.2) is 0 Å². The molecule has 1 saturated carbocycles. The Kier molecular flexibility index (Phi) is 4.17. The maximum absolute atomic E-state index is 11.9. The van der Waals surface area contributed by atoms with Crippen LogP contribution in [0.5, 0.6) is 0 Å². The van der Waals surface area contributed by atoms with E-state index in [1.54, 1.807) is 6.92 Å². The number of rotatable bonds is 5. The van der Waals surface area contributed by atoms with Gasteiger partial charge in [-0.15, -0.1) is 5.10 Å². The van der Waals surface area contributed by atoms with Crippen molar-refractivity contribution in [2.24, 2.45) is 5.73 Å². The van der Waals surface area contributed by atoms with Crippen LogP contribution >= 0.6 is 12.2 Å². The molecule has 1 aliphatic carbocycles. The van der Waals surface area contributed by atoms with Crippen LogP contribution in [0.25, 0.3) is 0 Å². The fourth-order valence-electron chi connectivity index (χ4n) is 1.84. The maximum atomic E-state index is 11.9. The normalized spacial score (nSPS) is 15.6. The molecule has 4 N–H and O–H groups in total. The van der Waals surface area contributed by atoms with Crippen molar-refractivity contribution < 1.29 is 4.79 Å². The van der Waals surface area contributed by atoms with E-state index in [0.29, 0.717) is 17.4 Å². The highest BCUT2D eigenvalue weighted by molar-refractivity contribution is 7.80. The Hall–Kier alpha value is -1.76. The predicted molar refractivity (Wildman–Crippen MR) is 81.6 cm³/mol. The second-order valence-corrected chi connectivity index (χ2v) is 5.59. The summed E-state index contributed by atoms with van der Waals surface area (Å²) in [6, 6.07) is -0.0900. The summed E-state index contributed by atoms with van der Waals surface area (Å²) < 4.78 is 0. The SMILES string of the molecule is Cc1nnc(NC(C)C(=O)NC2CC2)c(C(N)=S)c1C. The molecule has 2 rings (SSSR count). The average Bonchev–Trinajstić information content (AvgIpc) is 3.17. The molecule has 6 nitrogen and oxygen atoms in total. The number of hydrogen-bond donors (Lipinski definition) is 3. The summed E-state index contributed by atoms with van der Waals surface area (Å²) in [5.74, 6) is 0.403. The number of nitrogens with zero attached hydrogens (tertiary/aromatic N) is 2. The number of carbonyl (C=O) groups is 1. The molecule has 0 aromatic carbocycles. The molecule has 1 atom stereocenters. The molecule has 1 amide bonds. The monoisotopic (exact) mass is 293 g/mol. The van der Waals surface area contributed by atoms with E-state index in [1.165, 1.54) is 0 Å². The van der Waals surface area contributed by atoms with E-state index in [9.17, 15) is 4.79 Å². The quantitative estimate of drug-likeness (QED) is 0.696. The highest BCUT2D eigenvalue weighted by atomic mass is 32.1. The van der Waals surface area contributed by atoms with Gasteiger partial charge in [-0.2, -0.15) is 5.10 Å². The van der Waals surface area contributed by atoms with Crippen molar-refractivity contribution >= 4 is 28.9 Å². The molecule has 1 fully saturated rings. The number of carbonyl (C=O) groups excluding carboxylic acids is 1. The van der Waals surface area contributed by atoms with Gasteiger partial charge in [-0.3, -0.25) is 4.79 Å². The zero-order valence-electron chi connectivity index (χ0n) is 11.9. The molecule has 1 heterocycles. The van der Waals surface area contributed by atoms with Gasteiger partial charge in [0.25, 0.3) is 0 Å². The van der Waals surface area contributed by atoms with E-state index in [2.05, 4.69) is 20.8 Å². The maximum Gasteiger partial charge on any atom is 0.242 e. The lowest BCUT2D eigenvalue weighted by Gasteiger charge is -2.17. The van der Waals surface area contributed by atoms with Gasteiger partial charge in [0.15, 0.2) is 5.82 Å². The number of anilines is 1. The fourth-order valence-corrected chi connectivity index (χ4v) is 2.09. The third kappa shape index (κ3) is 3.22. The van der Waals surface area contributed by atoms with Gasteiger partial charge in [0.1, 0.15) is 11.0 Å². The summed E-state index contributed by atoms with van der Waals surface area (Å²) in [5.41, 5.74) is 8.05. The van der Waals surface area contributed by atoms with Crippen molar-refractivity contribution in [3.05, 3.63) is 16.8 Å². The van der Waals surface area contributed by atoms with Crippen LogP contribution in [0.3, 0.4) is 0 Å². The molecule has 20 heavy (non-hydrogen) atoms. The minimum Gasteiger partial charge on any atom is -0.389 e. The molecule has 7 heteroatoms. The lowest BCUT2D eigenvalue weighted by Crippen LogP contribution is -2.39. The summed E-state index contributed by atoms with van der Waals surface area (Å²) in [6.45, 7) is 5.51. The number of aromatic nitrogens is 2. The van der Waals surface area contributed by atoms with Crippen LogP contribution in [-0.4, -0.2) is 33.2 Å². The number of nitrogens with one attached hydrogen (secondary N) is 2. The van der Waals surface area contributed by atoms with E-state index >= 15 is 0 Å². The van der Waals surface area contributed by atoms with Crippen LogP contribution in [0.4, 0.5) is 5.82 Å². The molecular formula is C13H19N5OS. The summed E-state index contributed by atoms with van der Waals surface area (Å²) in [6.07, 6.45) is 2.11. The van der Waals surface area contributed by atoms with Crippen LogP contribution in [0, 0.1) is 13.8 Å². The lowest BCUT2D eigenvalue weighted by molar-refractivity contribution is -0.121. The van der Waals surface area contributed by atoms with E-state index in [0.717, 1.165) is 24.1 Å². The number of hydrogen-bond acceptors (Lipinski definition) is 5. The molecule has 0 radical (unpaired) electrons. The molecule has 1 aliphatic rings. The van der Waals surface area contributed by atoms with E-state index in [4.69, 9.17) is 18.0 Å². The Bertz CT molecular complexity index is 556. The molecule has 0 saturated heterocycles. The average molecular weight is 293 g/mol. The van der Waals surface area contributed by atoms with Crippen LogP contribution in [-0.2, 0) is 4.79 Å². The Morgan fingerprint density at radius 2 is 2.05 bits per heavy atom. The first-order valence-electron chi connectivity index (χ1n) is 6.60. The Morgan fingerprint density at radius 1 is 1.40 bits per heavy atom. The largest absolute Gasteiger partial charge is 0.389 e. The van der Waals surface area contributed by atoms with Crippen LogP contribution in [0.15, 0.2) is 0 Å². The van der Waals surface area contributed by atoms with E-state index in [1.807, 2.05) is 13.8 Å². The van der Waals surface area contributed by atoms with Gasteiger partial charge < -0.3 is 16.4 Å². The lowest BCUT2D eigenvalue weighted by atomic mass is 10.1. The van der Waals surface area contributed by atoms with Crippen molar-refractivity contribution in [2.75, 3.05) is 5.32 Å². The highest BCUT2D eigenvalue weighted by Crippen LogP contribution is 2.21.